The molecular formula is C12H18N2OS. The Morgan fingerprint density at radius 1 is 1.44 bits per heavy atom. The van der Waals surface area contributed by atoms with Crippen LogP contribution >= 0.6 is 11.3 Å². The van der Waals surface area contributed by atoms with Crippen LogP contribution in [0, 0.1) is 5.92 Å². The number of hydrogen-bond donors (Lipinski definition) is 1. The van der Waals surface area contributed by atoms with Crippen molar-refractivity contribution in [3.8, 4) is 0 Å². The average molecular weight is 238 g/mol. The van der Waals surface area contributed by atoms with Crippen LogP contribution < -0.4 is 5.32 Å². The van der Waals surface area contributed by atoms with E-state index in [4.69, 9.17) is 0 Å². The summed E-state index contributed by atoms with van der Waals surface area (Å²) in [5.41, 5.74) is 1.20. The molecule has 0 unspecified atom stereocenters. The van der Waals surface area contributed by atoms with Crippen LogP contribution in [0.15, 0.2) is 0 Å². The molecule has 1 heterocycles. The van der Waals surface area contributed by atoms with Gasteiger partial charge in [0.05, 0.1) is 5.69 Å². The van der Waals surface area contributed by atoms with Crippen molar-refractivity contribution in [2.75, 3.05) is 5.32 Å². The van der Waals surface area contributed by atoms with E-state index in [9.17, 15) is 4.79 Å². The standard InChI is InChI=1S/C12H18N2OS/c1-3-8(4-2)11(15)14-12-13-9-6-5-7-10(9)16-12/h8H,3-7H2,1-2H3,(H,13,14,15). The maximum Gasteiger partial charge on any atom is 0.229 e. The van der Waals surface area contributed by atoms with Crippen molar-refractivity contribution in [1.29, 1.82) is 0 Å². The lowest BCUT2D eigenvalue weighted by atomic mass is 10.0. The fourth-order valence-corrected chi connectivity index (χ4v) is 3.16. The van der Waals surface area contributed by atoms with Gasteiger partial charge in [-0.1, -0.05) is 13.8 Å². The number of anilines is 1. The first kappa shape index (κ1) is 11.6. The van der Waals surface area contributed by atoms with Gasteiger partial charge in [0.25, 0.3) is 0 Å². The highest BCUT2D eigenvalue weighted by atomic mass is 32.1. The molecular weight excluding hydrogens is 220 g/mol. The molecule has 3 nitrogen and oxygen atoms in total. The Kier molecular flexibility index (Phi) is 3.59. The van der Waals surface area contributed by atoms with Gasteiger partial charge in [-0.05, 0) is 32.1 Å². The molecule has 0 atom stereocenters. The van der Waals surface area contributed by atoms with Crippen LogP contribution in [-0.2, 0) is 17.6 Å². The molecule has 0 saturated heterocycles. The van der Waals surface area contributed by atoms with E-state index in [1.54, 1.807) is 11.3 Å². The van der Waals surface area contributed by atoms with Gasteiger partial charge in [-0.3, -0.25) is 4.79 Å². The maximum atomic E-state index is 11.9. The van der Waals surface area contributed by atoms with Gasteiger partial charge in [-0.2, -0.15) is 0 Å². The second kappa shape index (κ2) is 4.95. The molecule has 4 heteroatoms. The number of fused-ring (bicyclic) bond motifs is 1. The minimum atomic E-state index is 0.123. The van der Waals surface area contributed by atoms with Gasteiger partial charge in [0, 0.05) is 10.8 Å². The summed E-state index contributed by atoms with van der Waals surface area (Å²) in [6.07, 6.45) is 5.22. The summed E-state index contributed by atoms with van der Waals surface area (Å²) < 4.78 is 0. The molecule has 0 aromatic carbocycles. The number of carbonyl (C=O) groups excluding carboxylic acids is 1. The van der Waals surface area contributed by atoms with Crippen molar-refractivity contribution in [2.45, 2.75) is 46.0 Å². The third-order valence-corrected chi connectivity index (χ3v) is 4.26. The molecule has 88 valence electrons. The van der Waals surface area contributed by atoms with Gasteiger partial charge in [-0.25, -0.2) is 4.98 Å². The van der Waals surface area contributed by atoms with Gasteiger partial charge in [0.2, 0.25) is 5.91 Å². The number of aryl methyl sites for hydroxylation is 2. The van der Waals surface area contributed by atoms with E-state index in [1.807, 2.05) is 0 Å². The number of aromatic nitrogens is 1. The van der Waals surface area contributed by atoms with Crippen molar-refractivity contribution < 1.29 is 4.79 Å². The number of amides is 1. The Hall–Kier alpha value is -0.900. The van der Waals surface area contributed by atoms with Crippen molar-refractivity contribution in [2.24, 2.45) is 5.92 Å². The highest BCUT2D eigenvalue weighted by molar-refractivity contribution is 7.15. The summed E-state index contributed by atoms with van der Waals surface area (Å²) in [5.74, 6) is 0.246. The Morgan fingerprint density at radius 3 is 2.81 bits per heavy atom. The van der Waals surface area contributed by atoms with Crippen LogP contribution in [0.1, 0.15) is 43.7 Å². The monoisotopic (exact) mass is 238 g/mol. The molecule has 2 rings (SSSR count). The van der Waals surface area contributed by atoms with Crippen LogP contribution in [0.2, 0.25) is 0 Å². The number of thiazole rings is 1. The molecule has 0 spiro atoms. The van der Waals surface area contributed by atoms with Crippen molar-refractivity contribution in [3.05, 3.63) is 10.6 Å². The third kappa shape index (κ3) is 2.26. The van der Waals surface area contributed by atoms with E-state index in [2.05, 4.69) is 24.1 Å². The van der Waals surface area contributed by atoms with Crippen LogP contribution in [0.25, 0.3) is 0 Å². The smallest absolute Gasteiger partial charge is 0.229 e. The first-order chi connectivity index (χ1) is 7.74. The average Bonchev–Trinajstić information content (AvgIpc) is 2.79. The Labute approximate surface area is 100 Å². The van der Waals surface area contributed by atoms with E-state index in [1.165, 1.54) is 17.0 Å². The lowest BCUT2D eigenvalue weighted by Crippen LogP contribution is -2.21. The molecule has 16 heavy (non-hydrogen) atoms. The largest absolute Gasteiger partial charge is 0.302 e. The predicted molar refractivity (Wildman–Crippen MR) is 66.8 cm³/mol. The van der Waals surface area contributed by atoms with Crippen molar-refractivity contribution >= 4 is 22.4 Å². The molecule has 1 aliphatic carbocycles. The topological polar surface area (TPSA) is 42.0 Å². The lowest BCUT2D eigenvalue weighted by molar-refractivity contribution is -0.120. The minimum absolute atomic E-state index is 0.123. The number of nitrogens with one attached hydrogen (secondary N) is 1. The SMILES string of the molecule is CCC(CC)C(=O)Nc1nc2c(s1)CCC2. The second-order valence-corrected chi connectivity index (χ2v) is 5.33. The molecule has 0 aliphatic heterocycles. The zero-order chi connectivity index (χ0) is 11.5. The highest BCUT2D eigenvalue weighted by Crippen LogP contribution is 2.30. The fraction of sp³-hybridized carbons (Fsp3) is 0.667. The van der Waals surface area contributed by atoms with E-state index in [0.717, 1.165) is 30.8 Å². The molecule has 1 amide bonds. The molecule has 1 aromatic rings. The maximum absolute atomic E-state index is 11.9. The molecule has 0 radical (unpaired) electrons. The van der Waals surface area contributed by atoms with E-state index in [0.29, 0.717) is 0 Å². The summed E-state index contributed by atoms with van der Waals surface area (Å²) in [7, 11) is 0. The fourth-order valence-electron chi connectivity index (χ4n) is 2.11. The third-order valence-electron chi connectivity index (χ3n) is 3.18. The lowest BCUT2D eigenvalue weighted by Gasteiger charge is -2.10. The number of carbonyl (C=O) groups is 1. The Bertz CT molecular complexity index is 361. The second-order valence-electron chi connectivity index (χ2n) is 4.25. The minimum Gasteiger partial charge on any atom is -0.302 e. The van der Waals surface area contributed by atoms with E-state index in [-0.39, 0.29) is 11.8 Å². The predicted octanol–water partition coefficient (Wildman–Crippen LogP) is 3.01. The summed E-state index contributed by atoms with van der Waals surface area (Å²) >= 11 is 1.65. The van der Waals surface area contributed by atoms with Gasteiger partial charge >= 0.3 is 0 Å². The molecule has 1 aromatic heterocycles. The summed E-state index contributed by atoms with van der Waals surface area (Å²) in [4.78, 5) is 17.7. The van der Waals surface area contributed by atoms with Gasteiger partial charge in [-0.15, -0.1) is 11.3 Å². The molecule has 0 fully saturated rings. The number of nitrogens with zero attached hydrogens (tertiary/aromatic N) is 1. The highest BCUT2D eigenvalue weighted by Gasteiger charge is 2.20. The number of rotatable bonds is 4. The zero-order valence-electron chi connectivity index (χ0n) is 9.88. The van der Waals surface area contributed by atoms with Crippen LogP contribution in [0.3, 0.4) is 0 Å². The zero-order valence-corrected chi connectivity index (χ0v) is 10.7. The van der Waals surface area contributed by atoms with Gasteiger partial charge < -0.3 is 5.32 Å². The first-order valence-electron chi connectivity index (χ1n) is 6.04. The van der Waals surface area contributed by atoms with Crippen LogP contribution in [0.4, 0.5) is 5.13 Å². The van der Waals surface area contributed by atoms with Gasteiger partial charge in [0.1, 0.15) is 0 Å². The molecule has 0 bridgehead atoms. The first-order valence-corrected chi connectivity index (χ1v) is 6.85. The normalized spacial score (nSPS) is 14.2. The summed E-state index contributed by atoms with van der Waals surface area (Å²) in [6.45, 7) is 4.10. The summed E-state index contributed by atoms with van der Waals surface area (Å²) in [6, 6.07) is 0. The molecule has 1 N–H and O–H groups in total. The van der Waals surface area contributed by atoms with Crippen molar-refractivity contribution in [3.63, 3.8) is 0 Å². The van der Waals surface area contributed by atoms with E-state index >= 15 is 0 Å². The molecule has 0 saturated carbocycles. The molecule has 1 aliphatic rings. The van der Waals surface area contributed by atoms with Gasteiger partial charge in [0.15, 0.2) is 5.13 Å². The quantitative estimate of drug-likeness (QED) is 0.876. The number of hydrogen-bond acceptors (Lipinski definition) is 3. The van der Waals surface area contributed by atoms with Crippen molar-refractivity contribution in [1.82, 2.24) is 4.98 Å². The Balaban J connectivity index is 2.01. The summed E-state index contributed by atoms with van der Waals surface area (Å²) in [5, 5.41) is 3.73. The Morgan fingerprint density at radius 2 is 2.19 bits per heavy atom. The van der Waals surface area contributed by atoms with E-state index < -0.39 is 0 Å². The van der Waals surface area contributed by atoms with Crippen LogP contribution in [-0.4, -0.2) is 10.9 Å². The van der Waals surface area contributed by atoms with Crippen LogP contribution in [0.5, 0.6) is 0 Å².